The number of nitrogens with two attached hydrogens (primary N) is 2. The predicted molar refractivity (Wildman–Crippen MR) is 290 cm³/mol. The fourth-order valence-corrected chi connectivity index (χ4v) is 10.9. The Kier molecular flexibility index (Phi) is 35.9. The number of hydrogen-bond acceptors (Lipinski definition) is 19. The van der Waals surface area contributed by atoms with Crippen LogP contribution in [-0.4, -0.2) is 125 Å². The van der Waals surface area contributed by atoms with E-state index in [0.29, 0.717) is 6.42 Å². The summed E-state index contributed by atoms with van der Waals surface area (Å²) in [5, 5.41) is 40.5. The normalized spacial score (nSPS) is 20.3. The van der Waals surface area contributed by atoms with Crippen molar-refractivity contribution >= 4 is 51.1 Å². The van der Waals surface area contributed by atoms with Gasteiger partial charge in [-0.1, -0.05) is 152 Å². The molecule has 1 saturated heterocycles. The maximum absolute atomic E-state index is 13.2. The second-order valence-corrected chi connectivity index (χ2v) is 22.8. The molecule has 0 aliphatic carbocycles. The third-order valence-corrected chi connectivity index (χ3v) is 15.9. The van der Waals surface area contributed by atoms with Crippen LogP contribution in [-0.2, 0) is 51.1 Å². The number of aliphatic carboxylic acids is 1. The molecule has 2 unspecified atom stereocenters. The van der Waals surface area contributed by atoms with Crippen LogP contribution in [0.5, 0.6) is 0 Å². The molecule has 0 amide bonds. The highest BCUT2D eigenvalue weighted by molar-refractivity contribution is 8.00. The minimum Gasteiger partial charge on any atom is -0.481 e. The number of aromatic nitrogens is 2. The molecule has 1 fully saturated rings. The monoisotopic (exact) mass is 1140 g/mol. The number of ether oxygens (including phenoxy) is 3. The Morgan fingerprint density at radius 1 is 0.816 bits per heavy atom. The number of allylic oxidation sites excluding steroid dienone is 7. The Morgan fingerprint density at radius 2 is 1.43 bits per heavy atom. The number of anilines is 1. The quantitative estimate of drug-likeness (QED) is 0.0101. The summed E-state index contributed by atoms with van der Waals surface area (Å²) in [6.07, 6.45) is 26.7. The first-order valence-electron chi connectivity index (χ1n) is 26.6. The number of carboxylic acid groups (broad SMARTS) is 1. The number of unbranched alkanes of at least 4 members (excludes halogenated alkanes) is 15. The molecule has 0 saturated carbocycles. The lowest BCUT2D eigenvalue weighted by Gasteiger charge is -2.23. The van der Waals surface area contributed by atoms with E-state index in [2.05, 4.69) is 35.3 Å². The van der Waals surface area contributed by atoms with Gasteiger partial charge in [-0.25, -0.2) is 13.9 Å². The first-order valence-corrected chi connectivity index (χ1v) is 30.6. The number of phosphoric acid groups is 2. The van der Waals surface area contributed by atoms with Gasteiger partial charge in [0, 0.05) is 30.0 Å². The highest BCUT2D eigenvalue weighted by Gasteiger charge is 2.46. The fraction of sp³-hybridized carbons (Fsp3) is 0.706. The second kappa shape index (κ2) is 39.8. The number of carbonyl (C=O) groups is 3. The Balaban J connectivity index is 2.05. The Morgan fingerprint density at radius 3 is 2.08 bits per heavy atom. The van der Waals surface area contributed by atoms with Crippen LogP contribution in [0.15, 0.2) is 65.7 Å². The molecule has 0 radical (unpaired) electrons. The zero-order valence-corrected chi connectivity index (χ0v) is 46.8. The molecule has 0 aromatic carbocycles. The summed E-state index contributed by atoms with van der Waals surface area (Å²) in [6, 6.07) is -0.0716. The van der Waals surface area contributed by atoms with Gasteiger partial charge < -0.3 is 55.9 Å². The van der Waals surface area contributed by atoms with Gasteiger partial charge in [-0.15, -0.1) is 11.8 Å². The summed E-state index contributed by atoms with van der Waals surface area (Å²) in [5.41, 5.74) is 10.8. The highest BCUT2D eigenvalue weighted by atomic mass is 32.2. The van der Waals surface area contributed by atoms with Gasteiger partial charge in [-0.3, -0.25) is 28.0 Å². The molecule has 10 atom stereocenters. The van der Waals surface area contributed by atoms with Crippen LogP contribution >= 0.6 is 27.4 Å². The van der Waals surface area contributed by atoms with Crippen molar-refractivity contribution in [3.8, 4) is 0 Å². The van der Waals surface area contributed by atoms with Crippen LogP contribution in [0.4, 0.5) is 5.82 Å². The molecular weight excluding hydrogens is 1050 g/mol. The van der Waals surface area contributed by atoms with Gasteiger partial charge in [0.15, 0.2) is 12.3 Å². The molecule has 434 valence electrons. The van der Waals surface area contributed by atoms with Crippen LogP contribution in [0.25, 0.3) is 0 Å². The van der Waals surface area contributed by atoms with E-state index in [1.165, 1.54) is 63.9 Å². The number of nitrogens with zero attached hydrogens (tertiary/aromatic N) is 2. The molecule has 10 N–H and O–H groups in total. The standard InChI is InChI=1S/C51H86N4O18P2S/c1-3-5-7-9-11-13-15-17-19-21-23-25-27-32-46(59)71-39(36-69-74(64,65)73-75(66,67)70-37-42-47(60)48(61)49(72-42)55-34-33-44(53)54-51(55)63)35-68-50(62)40(52)38-76-43(41(56)29-28-31-45(57)58)30-26-24-22-20-18-16-14-12-10-8-6-4-2/h12,14,18,20,22,24,26,30,33-34,39-43,47-49,56,60-61H,3-11,13,15-17,19,21,23,25,27-29,31-32,35-38,52H2,1-2H3,(H,57,58)(H,64,65)(H,66,67)(H2,53,54,63)/b14-12-,20-18-,24-22+,30-26+/t39-,40+,41+,42-,43-,47-,48-,49-/m1/s1. The second-order valence-electron chi connectivity index (χ2n) is 18.6. The van der Waals surface area contributed by atoms with Crippen molar-refractivity contribution in [3.05, 3.63) is 71.4 Å². The minimum atomic E-state index is -5.55. The summed E-state index contributed by atoms with van der Waals surface area (Å²) in [6.45, 7) is 1.62. The topological polar surface area (TPSA) is 349 Å². The first kappa shape index (κ1) is 68.6. The van der Waals surface area contributed by atoms with Crippen molar-refractivity contribution in [1.29, 1.82) is 0 Å². The number of phosphoric ester groups is 2. The van der Waals surface area contributed by atoms with Gasteiger partial charge >= 0.3 is 39.2 Å². The molecule has 0 spiro atoms. The van der Waals surface area contributed by atoms with Gasteiger partial charge in [0.2, 0.25) is 0 Å². The summed E-state index contributed by atoms with van der Waals surface area (Å²) >= 11 is 1.12. The van der Waals surface area contributed by atoms with E-state index < -0.39 is 107 Å². The predicted octanol–water partition coefficient (Wildman–Crippen LogP) is 7.87. The van der Waals surface area contributed by atoms with Gasteiger partial charge in [0.25, 0.3) is 0 Å². The van der Waals surface area contributed by atoms with Crippen LogP contribution in [0.3, 0.4) is 0 Å². The molecule has 1 aromatic heterocycles. The third-order valence-electron chi connectivity index (χ3n) is 11.9. The average Bonchev–Trinajstić information content (AvgIpc) is 3.64. The van der Waals surface area contributed by atoms with Crippen LogP contribution in [0.2, 0.25) is 0 Å². The van der Waals surface area contributed by atoms with Crippen molar-refractivity contribution in [3.63, 3.8) is 0 Å². The first-order chi connectivity index (χ1) is 36.3. The van der Waals surface area contributed by atoms with Gasteiger partial charge in [0.05, 0.1) is 19.3 Å². The number of thioether (sulfide) groups is 1. The van der Waals surface area contributed by atoms with Gasteiger partial charge in [-0.05, 0) is 44.6 Å². The van der Waals surface area contributed by atoms with E-state index in [0.717, 1.165) is 73.9 Å². The van der Waals surface area contributed by atoms with Gasteiger partial charge in [-0.2, -0.15) is 9.29 Å². The molecule has 2 rings (SSSR count). The molecule has 0 bridgehead atoms. The molecule has 25 heteroatoms. The average molecular weight is 1140 g/mol. The van der Waals surface area contributed by atoms with Crippen LogP contribution in [0, 0.1) is 0 Å². The Hall–Kier alpha value is -3.54. The summed E-state index contributed by atoms with van der Waals surface area (Å²) < 4.78 is 57.0. The number of aliphatic hydroxyl groups excluding tert-OH is 3. The zero-order valence-electron chi connectivity index (χ0n) is 44.2. The molecule has 1 aromatic rings. The number of nitrogen functional groups attached to an aromatic ring is 1. The molecule has 2 heterocycles. The van der Waals surface area contributed by atoms with Crippen LogP contribution in [0.1, 0.15) is 161 Å². The van der Waals surface area contributed by atoms with Crippen molar-refractivity contribution in [1.82, 2.24) is 9.55 Å². The van der Waals surface area contributed by atoms with E-state index in [9.17, 15) is 53.4 Å². The Labute approximate surface area is 451 Å². The number of carbonyl (C=O) groups excluding carboxylic acids is 2. The van der Waals surface area contributed by atoms with Gasteiger partial charge in [0.1, 0.15) is 36.8 Å². The number of carboxylic acids is 1. The SMILES string of the molecule is CCCCC/C=C\C\C=C/C=C/C=C/[C@@H](SC[C@H](N)C(=O)OC[C@H](COP(=O)(O)OP(=O)(O)OC[C@H]1O[C@@H](n2ccc(N)nc2=O)[C@H](O)[C@@H]1O)OC(=O)CCCCCCCCCCCCCCC)[C@@H](O)CCCC(=O)O. The maximum Gasteiger partial charge on any atom is 0.481 e. The summed E-state index contributed by atoms with van der Waals surface area (Å²) in [5.74, 6) is -2.95. The van der Waals surface area contributed by atoms with Crippen molar-refractivity contribution in [2.24, 2.45) is 5.73 Å². The molecule has 22 nitrogen and oxygen atoms in total. The smallest absolute Gasteiger partial charge is 0.481 e. The highest BCUT2D eigenvalue weighted by Crippen LogP contribution is 2.60. The lowest BCUT2D eigenvalue weighted by Crippen LogP contribution is -2.38. The van der Waals surface area contributed by atoms with Crippen molar-refractivity contribution in [2.75, 3.05) is 31.3 Å². The van der Waals surface area contributed by atoms with Crippen molar-refractivity contribution < 1.29 is 81.3 Å². The number of rotatable bonds is 44. The van der Waals surface area contributed by atoms with E-state index >= 15 is 0 Å². The lowest BCUT2D eigenvalue weighted by atomic mass is 10.0. The zero-order chi connectivity index (χ0) is 56.2. The molecular formula is C51H86N4O18P2S. The van der Waals surface area contributed by atoms with E-state index in [1.54, 1.807) is 18.2 Å². The van der Waals surface area contributed by atoms with E-state index in [-0.39, 0.29) is 37.3 Å². The number of hydrogen-bond donors (Lipinski definition) is 8. The third kappa shape index (κ3) is 31.2. The summed E-state index contributed by atoms with van der Waals surface area (Å²) in [7, 11) is -11.1. The molecule has 1 aliphatic heterocycles. The van der Waals surface area contributed by atoms with Crippen molar-refractivity contribution in [2.45, 2.75) is 203 Å². The molecule has 1 aliphatic rings. The number of aliphatic hydroxyl groups is 3. The molecule has 76 heavy (non-hydrogen) atoms. The van der Waals surface area contributed by atoms with E-state index in [4.69, 9.17) is 39.8 Å². The fourth-order valence-electron chi connectivity index (χ4n) is 7.64. The number of esters is 2. The largest absolute Gasteiger partial charge is 0.481 e. The van der Waals surface area contributed by atoms with E-state index in [1.807, 2.05) is 18.2 Å². The van der Waals surface area contributed by atoms with Crippen LogP contribution < -0.4 is 17.2 Å². The Bertz CT molecular complexity index is 2100. The lowest BCUT2D eigenvalue weighted by molar-refractivity contribution is -0.161. The summed E-state index contributed by atoms with van der Waals surface area (Å²) in [4.78, 5) is 73.9. The minimum absolute atomic E-state index is 0.0504. The maximum atomic E-state index is 13.2.